The van der Waals surface area contributed by atoms with Gasteiger partial charge in [-0.3, -0.25) is 9.35 Å². The number of carbonyl (C=O) groups excluding carboxylic acids is 1. The molecule has 0 heterocycles. The summed E-state index contributed by atoms with van der Waals surface area (Å²) in [4.78, 5) is 12.0. The van der Waals surface area contributed by atoms with E-state index in [9.17, 15) is 13.2 Å². The molecule has 0 saturated carbocycles. The normalized spacial score (nSPS) is 12.1. The minimum atomic E-state index is -4.15. The number of carbonyl (C=O) groups is 1. The first-order chi connectivity index (χ1) is 16.6. The third-order valence-electron chi connectivity index (χ3n) is 6.60. The molecule has 1 rings (SSSR count). The quantitative estimate of drug-likeness (QED) is 0.112. The zero-order chi connectivity index (χ0) is 26.0. The maximum absolute atomic E-state index is 12.1. The summed E-state index contributed by atoms with van der Waals surface area (Å²) in [5, 5.41) is 3.04. The predicted molar refractivity (Wildman–Crippen MR) is 145 cm³/mol. The van der Waals surface area contributed by atoms with Gasteiger partial charge >= 0.3 is 0 Å². The molecule has 7 heteroatoms. The first-order valence-corrected chi connectivity index (χ1v) is 15.2. The lowest BCUT2D eigenvalue weighted by atomic mass is 10.0. The van der Waals surface area contributed by atoms with Crippen LogP contribution in [-0.4, -0.2) is 50.5 Å². The van der Waals surface area contributed by atoms with Gasteiger partial charge in [-0.1, -0.05) is 96.1 Å². The smallest absolute Gasteiger partial charge is 0.294 e. The highest BCUT2D eigenvalue weighted by Crippen LogP contribution is 2.15. The summed E-state index contributed by atoms with van der Waals surface area (Å²) in [5.74, 6) is 0.152. The number of hydrogen-bond acceptors (Lipinski definition) is 3. The van der Waals surface area contributed by atoms with Crippen molar-refractivity contribution >= 4 is 16.0 Å². The van der Waals surface area contributed by atoms with Crippen LogP contribution in [0.2, 0.25) is 0 Å². The molecule has 0 spiro atoms. The van der Waals surface area contributed by atoms with Gasteiger partial charge in [-0.2, -0.15) is 8.42 Å². The molecule has 0 radical (unpaired) electrons. The molecule has 1 aromatic rings. The fraction of sp³-hybridized carbons (Fsp3) is 0.750. The minimum Gasteiger partial charge on any atom is -0.356 e. The van der Waals surface area contributed by atoms with Crippen molar-refractivity contribution in [1.82, 2.24) is 5.32 Å². The van der Waals surface area contributed by atoms with Crippen LogP contribution in [0.3, 0.4) is 0 Å². The van der Waals surface area contributed by atoms with Crippen LogP contribution in [0, 0.1) is 0 Å². The van der Waals surface area contributed by atoms with Crippen molar-refractivity contribution in [2.75, 3.05) is 27.2 Å². The highest BCUT2D eigenvalue weighted by molar-refractivity contribution is 7.85. The Morgan fingerprint density at radius 3 is 1.77 bits per heavy atom. The van der Waals surface area contributed by atoms with E-state index in [1.54, 1.807) is 12.1 Å². The van der Waals surface area contributed by atoms with Crippen LogP contribution < -0.4 is 5.32 Å². The first-order valence-electron chi connectivity index (χ1n) is 13.8. The molecule has 0 aromatic heterocycles. The van der Waals surface area contributed by atoms with Crippen molar-refractivity contribution in [3.63, 3.8) is 0 Å². The second-order valence-corrected chi connectivity index (χ2v) is 12.1. The van der Waals surface area contributed by atoms with Crippen molar-refractivity contribution in [2.45, 2.75) is 115 Å². The predicted octanol–water partition coefficient (Wildman–Crippen LogP) is 6.50. The van der Waals surface area contributed by atoms with Crippen LogP contribution in [0.5, 0.6) is 0 Å². The Balaban J connectivity index is 2.01. The molecule has 0 atom stereocenters. The third-order valence-corrected chi connectivity index (χ3v) is 7.47. The summed E-state index contributed by atoms with van der Waals surface area (Å²) >= 11 is 0. The molecule has 0 aliphatic rings. The Bertz CT molecular complexity index is 792. The van der Waals surface area contributed by atoms with Crippen molar-refractivity contribution < 1.29 is 22.2 Å². The molecular formula is C28H51N2O4S+. The Morgan fingerprint density at radius 1 is 0.800 bits per heavy atom. The van der Waals surface area contributed by atoms with Crippen LogP contribution in [0.25, 0.3) is 0 Å². The van der Waals surface area contributed by atoms with E-state index in [0.717, 1.165) is 42.4 Å². The molecule has 35 heavy (non-hydrogen) atoms. The number of nitrogens with one attached hydrogen (secondary N) is 1. The lowest BCUT2D eigenvalue weighted by molar-refractivity contribution is -0.903. The third kappa shape index (κ3) is 16.8. The van der Waals surface area contributed by atoms with E-state index in [1.807, 2.05) is 0 Å². The second kappa shape index (κ2) is 17.9. The van der Waals surface area contributed by atoms with Crippen molar-refractivity contribution in [1.29, 1.82) is 0 Å². The zero-order valence-electron chi connectivity index (χ0n) is 22.6. The van der Waals surface area contributed by atoms with Crippen molar-refractivity contribution in [3.05, 3.63) is 29.8 Å². The molecular weight excluding hydrogens is 460 g/mol. The van der Waals surface area contributed by atoms with Gasteiger partial charge in [0, 0.05) is 24.9 Å². The molecule has 0 bridgehead atoms. The number of benzene rings is 1. The van der Waals surface area contributed by atoms with Crippen molar-refractivity contribution in [3.8, 4) is 0 Å². The molecule has 0 saturated heterocycles. The summed E-state index contributed by atoms with van der Waals surface area (Å²) in [5.41, 5.74) is 1.01. The average molecular weight is 512 g/mol. The standard InChI is InChI=1S/C28H50N2O4S/c1-4-5-6-7-8-9-10-11-12-13-14-15-16-18-28(31)29-23-17-24-30(2,3)25-26-19-21-27(22-20-26)35(32,33)34/h19-22H,4-18,23-25H2,1-3H3,(H-,29,31,32,33,34)/p+1. The first kappa shape index (κ1) is 31.6. The Labute approximate surface area is 215 Å². The van der Waals surface area contributed by atoms with Crippen LogP contribution in [0.1, 0.15) is 109 Å². The minimum absolute atomic E-state index is 0.0854. The van der Waals surface area contributed by atoms with Crippen LogP contribution in [-0.2, 0) is 21.5 Å². The molecule has 0 unspecified atom stereocenters. The maximum atomic E-state index is 12.1. The molecule has 0 aliphatic carbocycles. The molecule has 0 aliphatic heterocycles. The zero-order valence-corrected chi connectivity index (χ0v) is 23.4. The number of nitrogens with zero attached hydrogens (tertiary/aromatic N) is 1. The Morgan fingerprint density at radius 2 is 1.29 bits per heavy atom. The number of unbranched alkanes of at least 4 members (excludes halogenated alkanes) is 12. The summed E-state index contributed by atoms with van der Waals surface area (Å²) in [6.45, 7) is 4.60. The van der Waals surface area contributed by atoms with Gasteiger partial charge in [-0.25, -0.2) is 0 Å². The molecule has 1 amide bonds. The van der Waals surface area contributed by atoms with Crippen LogP contribution in [0.4, 0.5) is 0 Å². The molecule has 1 aromatic carbocycles. The topological polar surface area (TPSA) is 83.5 Å². The maximum Gasteiger partial charge on any atom is 0.294 e. The Hall–Kier alpha value is -1.44. The van der Waals surface area contributed by atoms with E-state index >= 15 is 0 Å². The largest absolute Gasteiger partial charge is 0.356 e. The van der Waals surface area contributed by atoms with E-state index in [4.69, 9.17) is 4.55 Å². The highest BCUT2D eigenvalue weighted by atomic mass is 32.2. The summed E-state index contributed by atoms with van der Waals surface area (Å²) < 4.78 is 32.2. The van der Waals surface area contributed by atoms with E-state index in [1.165, 1.54) is 82.8 Å². The number of amides is 1. The second-order valence-electron chi connectivity index (χ2n) is 10.6. The van der Waals surface area contributed by atoms with Crippen LogP contribution >= 0.6 is 0 Å². The highest BCUT2D eigenvalue weighted by Gasteiger charge is 2.17. The monoisotopic (exact) mass is 511 g/mol. The Kier molecular flexibility index (Phi) is 16.2. The fourth-order valence-electron chi connectivity index (χ4n) is 4.47. The molecule has 202 valence electrons. The van der Waals surface area contributed by atoms with Gasteiger partial charge in [-0.15, -0.1) is 0 Å². The lowest BCUT2D eigenvalue weighted by Crippen LogP contribution is -2.41. The SMILES string of the molecule is CCCCCCCCCCCCCCCC(=O)NCCC[N+](C)(C)Cc1ccc(S(=O)(=O)O)cc1. The van der Waals surface area contributed by atoms with E-state index in [-0.39, 0.29) is 10.8 Å². The summed E-state index contributed by atoms with van der Waals surface area (Å²) in [6.07, 6.45) is 18.5. The summed E-state index contributed by atoms with van der Waals surface area (Å²) in [6, 6.07) is 6.34. The number of hydrogen-bond donors (Lipinski definition) is 2. The molecule has 2 N–H and O–H groups in total. The van der Waals surface area contributed by atoms with E-state index < -0.39 is 10.1 Å². The molecule has 0 fully saturated rings. The average Bonchev–Trinajstić information content (AvgIpc) is 2.79. The van der Waals surface area contributed by atoms with Gasteiger partial charge in [0.1, 0.15) is 6.54 Å². The van der Waals surface area contributed by atoms with Crippen molar-refractivity contribution in [2.24, 2.45) is 0 Å². The van der Waals surface area contributed by atoms with Gasteiger partial charge in [0.2, 0.25) is 5.91 Å². The number of quaternary nitrogens is 1. The number of rotatable bonds is 21. The van der Waals surface area contributed by atoms with Gasteiger partial charge in [0.25, 0.3) is 10.1 Å². The van der Waals surface area contributed by atoms with Gasteiger partial charge in [-0.05, 0) is 18.6 Å². The lowest BCUT2D eigenvalue weighted by Gasteiger charge is -2.30. The fourth-order valence-corrected chi connectivity index (χ4v) is 4.95. The summed E-state index contributed by atoms with van der Waals surface area (Å²) in [7, 11) is 0.0804. The van der Waals surface area contributed by atoms with Gasteiger partial charge in [0.05, 0.1) is 25.5 Å². The van der Waals surface area contributed by atoms with E-state index in [2.05, 4.69) is 26.3 Å². The van der Waals surface area contributed by atoms with Gasteiger partial charge in [0.15, 0.2) is 0 Å². The van der Waals surface area contributed by atoms with Crippen LogP contribution in [0.15, 0.2) is 29.2 Å². The van der Waals surface area contributed by atoms with E-state index in [0.29, 0.717) is 13.0 Å². The van der Waals surface area contributed by atoms with Gasteiger partial charge < -0.3 is 9.80 Å². The molecule has 6 nitrogen and oxygen atoms in total.